The summed E-state index contributed by atoms with van der Waals surface area (Å²) in [4.78, 5) is 5.74. The van der Waals surface area contributed by atoms with Crippen LogP contribution in [0.4, 0.5) is 5.69 Å². The van der Waals surface area contributed by atoms with Crippen molar-refractivity contribution in [2.45, 2.75) is 20.4 Å². The van der Waals surface area contributed by atoms with E-state index in [2.05, 4.69) is 64.3 Å². The second kappa shape index (κ2) is 6.51. The molecule has 4 heteroatoms. The summed E-state index contributed by atoms with van der Waals surface area (Å²) >= 11 is 5.41. The van der Waals surface area contributed by atoms with Crippen molar-refractivity contribution < 1.29 is 4.90 Å². The molecule has 2 aromatic rings. The number of anilines is 1. The third-order valence-corrected chi connectivity index (χ3v) is 5.92. The number of piperazine rings is 1. The fourth-order valence-corrected chi connectivity index (χ4v) is 4.52. The molecule has 0 radical (unpaired) electrons. The second-order valence-corrected chi connectivity index (χ2v) is 7.85. The van der Waals surface area contributed by atoms with Crippen LogP contribution in [0.2, 0.25) is 0 Å². The van der Waals surface area contributed by atoms with Crippen molar-refractivity contribution >= 4 is 33.0 Å². The van der Waals surface area contributed by atoms with Crippen molar-refractivity contribution in [2.75, 3.05) is 31.1 Å². The third-order valence-electron chi connectivity index (χ3n) is 4.22. The number of benzene rings is 1. The quantitative estimate of drug-likeness (QED) is 0.878. The summed E-state index contributed by atoms with van der Waals surface area (Å²) in [7, 11) is 0. The zero-order valence-electron chi connectivity index (χ0n) is 12.7. The van der Waals surface area contributed by atoms with Gasteiger partial charge in [0.15, 0.2) is 0 Å². The standard InChI is InChI=1S/C17H21BrN2S/c1-13-3-4-14(2)17(9-13)20-7-5-19(6-8-20)11-16-10-15(18)12-21-16/h3-4,9-10,12H,5-8,11H2,1-2H3/p+1. The minimum absolute atomic E-state index is 1.16. The van der Waals surface area contributed by atoms with Crippen LogP contribution in [-0.2, 0) is 6.54 Å². The van der Waals surface area contributed by atoms with Gasteiger partial charge in [-0.25, -0.2) is 0 Å². The summed E-state index contributed by atoms with van der Waals surface area (Å²) in [5.74, 6) is 0. The van der Waals surface area contributed by atoms with Crippen LogP contribution < -0.4 is 9.80 Å². The van der Waals surface area contributed by atoms with Gasteiger partial charge in [-0.1, -0.05) is 12.1 Å². The number of hydrogen-bond donors (Lipinski definition) is 1. The Labute approximate surface area is 139 Å². The van der Waals surface area contributed by atoms with Gasteiger partial charge in [0.05, 0.1) is 31.1 Å². The van der Waals surface area contributed by atoms with E-state index in [9.17, 15) is 0 Å². The molecule has 2 nitrogen and oxygen atoms in total. The largest absolute Gasteiger partial charge is 0.360 e. The molecule has 1 aromatic carbocycles. The van der Waals surface area contributed by atoms with Crippen molar-refractivity contribution in [3.05, 3.63) is 50.1 Å². The first kappa shape index (κ1) is 15.1. The molecule has 1 aliphatic rings. The molecule has 0 spiro atoms. The predicted octanol–water partition coefficient (Wildman–Crippen LogP) is 3.03. The summed E-state index contributed by atoms with van der Waals surface area (Å²) in [6.07, 6.45) is 0. The Bertz CT molecular complexity index is 615. The van der Waals surface area contributed by atoms with Crippen LogP contribution in [0.25, 0.3) is 0 Å². The molecule has 1 fully saturated rings. The van der Waals surface area contributed by atoms with Gasteiger partial charge in [0.1, 0.15) is 6.54 Å². The van der Waals surface area contributed by atoms with Crippen LogP contribution in [-0.4, -0.2) is 26.2 Å². The normalized spacial score (nSPS) is 16.4. The zero-order valence-corrected chi connectivity index (χ0v) is 15.1. The van der Waals surface area contributed by atoms with E-state index in [0.717, 1.165) is 19.6 Å². The molecule has 3 rings (SSSR count). The lowest BCUT2D eigenvalue weighted by Gasteiger charge is -2.34. The number of nitrogens with one attached hydrogen (secondary N) is 1. The van der Waals surface area contributed by atoms with E-state index in [1.165, 1.54) is 39.3 Å². The maximum absolute atomic E-state index is 3.54. The van der Waals surface area contributed by atoms with Gasteiger partial charge in [-0.3, -0.25) is 0 Å². The highest BCUT2D eigenvalue weighted by molar-refractivity contribution is 9.10. The average Bonchev–Trinajstić information content (AvgIpc) is 2.88. The number of hydrogen-bond acceptors (Lipinski definition) is 2. The van der Waals surface area contributed by atoms with Crippen molar-refractivity contribution in [3.8, 4) is 0 Å². The molecule has 2 heterocycles. The Balaban J connectivity index is 1.61. The van der Waals surface area contributed by atoms with Gasteiger partial charge in [-0.2, -0.15) is 0 Å². The highest BCUT2D eigenvalue weighted by Crippen LogP contribution is 2.22. The first-order valence-corrected chi connectivity index (χ1v) is 9.18. The maximum Gasteiger partial charge on any atom is 0.112 e. The molecule has 0 bridgehead atoms. The average molecular weight is 366 g/mol. The molecule has 1 saturated heterocycles. The number of quaternary nitrogens is 1. The van der Waals surface area contributed by atoms with E-state index in [1.807, 2.05) is 11.3 Å². The predicted molar refractivity (Wildman–Crippen MR) is 94.5 cm³/mol. The van der Waals surface area contributed by atoms with Gasteiger partial charge in [0, 0.05) is 15.5 Å². The van der Waals surface area contributed by atoms with Gasteiger partial charge in [0.25, 0.3) is 0 Å². The van der Waals surface area contributed by atoms with Crippen LogP contribution in [0.15, 0.2) is 34.1 Å². The molecular weight excluding hydrogens is 344 g/mol. The van der Waals surface area contributed by atoms with Crippen LogP contribution >= 0.6 is 27.3 Å². The molecule has 0 unspecified atom stereocenters. The molecule has 1 N–H and O–H groups in total. The summed E-state index contributed by atoms with van der Waals surface area (Å²) < 4.78 is 1.22. The molecule has 0 saturated carbocycles. The van der Waals surface area contributed by atoms with Crippen LogP contribution in [0.3, 0.4) is 0 Å². The number of nitrogens with zero attached hydrogens (tertiary/aromatic N) is 1. The first-order chi connectivity index (χ1) is 10.1. The highest BCUT2D eigenvalue weighted by Gasteiger charge is 2.21. The van der Waals surface area contributed by atoms with Gasteiger partial charge in [0.2, 0.25) is 0 Å². The Morgan fingerprint density at radius 3 is 2.62 bits per heavy atom. The van der Waals surface area contributed by atoms with Gasteiger partial charge >= 0.3 is 0 Å². The smallest absolute Gasteiger partial charge is 0.112 e. The van der Waals surface area contributed by atoms with Crippen molar-refractivity contribution in [1.29, 1.82) is 0 Å². The monoisotopic (exact) mass is 365 g/mol. The fourth-order valence-electron chi connectivity index (χ4n) is 2.99. The lowest BCUT2D eigenvalue weighted by atomic mass is 10.1. The summed E-state index contributed by atoms with van der Waals surface area (Å²) in [6.45, 7) is 10.3. The minimum atomic E-state index is 1.16. The van der Waals surface area contributed by atoms with Crippen LogP contribution in [0.5, 0.6) is 0 Å². The number of thiophene rings is 1. The molecule has 0 aliphatic carbocycles. The molecule has 1 aromatic heterocycles. The Kier molecular flexibility index (Phi) is 4.67. The Morgan fingerprint density at radius 2 is 1.95 bits per heavy atom. The minimum Gasteiger partial charge on any atom is -0.360 e. The van der Waals surface area contributed by atoms with Crippen molar-refractivity contribution in [2.24, 2.45) is 0 Å². The van der Waals surface area contributed by atoms with Gasteiger partial charge < -0.3 is 9.80 Å². The molecular formula is C17H22BrN2S+. The first-order valence-electron chi connectivity index (χ1n) is 7.50. The van der Waals surface area contributed by atoms with E-state index < -0.39 is 0 Å². The maximum atomic E-state index is 3.54. The van der Waals surface area contributed by atoms with E-state index in [-0.39, 0.29) is 0 Å². The van der Waals surface area contributed by atoms with Crippen LogP contribution in [0.1, 0.15) is 16.0 Å². The lowest BCUT2D eigenvalue weighted by molar-refractivity contribution is -0.914. The number of aryl methyl sites for hydroxylation is 2. The topological polar surface area (TPSA) is 7.68 Å². The Morgan fingerprint density at radius 1 is 1.19 bits per heavy atom. The Hall–Kier alpha value is -0.840. The molecule has 1 aliphatic heterocycles. The SMILES string of the molecule is Cc1ccc(C)c(N2CC[NH+](Cc3cc(Br)cs3)CC2)c1. The summed E-state index contributed by atoms with van der Waals surface area (Å²) in [5.41, 5.74) is 4.17. The summed E-state index contributed by atoms with van der Waals surface area (Å²) in [6, 6.07) is 9.04. The fraction of sp³-hybridized carbons (Fsp3) is 0.412. The van der Waals surface area contributed by atoms with Crippen molar-refractivity contribution in [3.63, 3.8) is 0 Å². The summed E-state index contributed by atoms with van der Waals surface area (Å²) in [5, 5.41) is 2.18. The third kappa shape index (κ3) is 3.68. The van der Waals surface area contributed by atoms with E-state index >= 15 is 0 Å². The second-order valence-electron chi connectivity index (χ2n) is 5.94. The van der Waals surface area contributed by atoms with E-state index in [4.69, 9.17) is 0 Å². The van der Waals surface area contributed by atoms with Gasteiger partial charge in [-0.05, 0) is 53.0 Å². The number of rotatable bonds is 3. The molecule has 0 atom stereocenters. The van der Waals surface area contributed by atoms with E-state index in [1.54, 1.807) is 4.90 Å². The van der Waals surface area contributed by atoms with E-state index in [0.29, 0.717) is 0 Å². The van der Waals surface area contributed by atoms with Crippen molar-refractivity contribution in [1.82, 2.24) is 0 Å². The zero-order chi connectivity index (χ0) is 14.8. The van der Waals surface area contributed by atoms with Crippen LogP contribution in [0, 0.1) is 13.8 Å². The highest BCUT2D eigenvalue weighted by atomic mass is 79.9. The molecule has 112 valence electrons. The lowest BCUT2D eigenvalue weighted by Crippen LogP contribution is -3.13. The van der Waals surface area contributed by atoms with Gasteiger partial charge in [-0.15, -0.1) is 11.3 Å². The number of halogens is 1. The molecule has 0 amide bonds. The molecule has 21 heavy (non-hydrogen) atoms.